The van der Waals surface area contributed by atoms with Gasteiger partial charge >= 0.3 is 5.97 Å². The van der Waals surface area contributed by atoms with Crippen LogP contribution in [0.1, 0.15) is 111 Å². The Labute approximate surface area is 161 Å². The van der Waals surface area contributed by atoms with Gasteiger partial charge in [0.15, 0.2) is 5.79 Å². The first kappa shape index (κ1) is 23.4. The van der Waals surface area contributed by atoms with Crippen molar-refractivity contribution >= 4 is 5.97 Å². The van der Waals surface area contributed by atoms with Gasteiger partial charge in [-0.3, -0.25) is 4.79 Å². The highest BCUT2D eigenvalue weighted by Gasteiger charge is 2.40. The molecule has 0 aromatic carbocycles. The van der Waals surface area contributed by atoms with E-state index in [-0.39, 0.29) is 18.2 Å². The molecule has 1 saturated heterocycles. The lowest BCUT2D eigenvalue weighted by Gasteiger charge is -2.16. The minimum atomic E-state index is -0.538. The number of esters is 1. The average molecular weight is 371 g/mol. The number of carbonyl (C=O) groups excluding carboxylic acids is 1. The summed E-state index contributed by atoms with van der Waals surface area (Å²) in [5, 5.41) is 0. The summed E-state index contributed by atoms with van der Waals surface area (Å²) in [6.45, 7) is 6.18. The highest BCUT2D eigenvalue weighted by molar-refractivity contribution is 5.69. The third-order valence-corrected chi connectivity index (χ3v) is 5.24. The van der Waals surface area contributed by atoms with E-state index in [2.05, 4.69) is 6.92 Å². The Morgan fingerprint density at radius 1 is 0.808 bits per heavy atom. The van der Waals surface area contributed by atoms with Crippen LogP contribution in [0, 0.1) is 0 Å². The number of hydrogen-bond donors (Lipinski definition) is 0. The minimum Gasteiger partial charge on any atom is -0.469 e. The summed E-state index contributed by atoms with van der Waals surface area (Å²) in [6.07, 6.45) is 17.0. The van der Waals surface area contributed by atoms with Gasteiger partial charge in [-0.1, -0.05) is 77.6 Å². The van der Waals surface area contributed by atoms with Crippen molar-refractivity contribution < 1.29 is 19.0 Å². The number of ether oxygens (including phenoxy) is 3. The normalized spacial score (nSPS) is 21.8. The molecular formula is C22H42O4. The zero-order valence-electron chi connectivity index (χ0n) is 17.7. The molecular weight excluding hydrogens is 328 g/mol. The molecule has 0 unspecified atom stereocenters. The Bertz CT molecular complexity index is 367. The lowest BCUT2D eigenvalue weighted by molar-refractivity contribution is -0.150. The molecule has 2 atom stereocenters. The van der Waals surface area contributed by atoms with Crippen LogP contribution in [0.4, 0.5) is 0 Å². The number of rotatable bonds is 15. The number of carbonyl (C=O) groups is 1. The number of methoxy groups -OCH3 is 1. The molecule has 1 aliphatic rings. The van der Waals surface area contributed by atoms with Crippen molar-refractivity contribution in [2.24, 2.45) is 0 Å². The Balaban J connectivity index is 2.07. The van der Waals surface area contributed by atoms with Gasteiger partial charge < -0.3 is 14.2 Å². The predicted molar refractivity (Wildman–Crippen MR) is 106 cm³/mol. The lowest BCUT2D eigenvalue weighted by Crippen LogP contribution is -2.23. The standard InChI is InChI=1S/C22H42O4/c1-5-6-7-8-9-10-11-12-13-14-15-16-19-20(17-18-21(23)24-4)26-22(2,3)25-19/h19-20H,5-18H2,1-4H3/t19-,20+/m1/s1. The SMILES string of the molecule is CCCCCCCCCCCCC[C@H]1OC(C)(C)O[C@H]1CCC(=O)OC. The van der Waals surface area contributed by atoms with E-state index in [4.69, 9.17) is 14.2 Å². The summed E-state index contributed by atoms with van der Waals surface area (Å²) in [6, 6.07) is 0. The Morgan fingerprint density at radius 2 is 1.27 bits per heavy atom. The molecule has 1 aliphatic heterocycles. The van der Waals surface area contributed by atoms with Crippen molar-refractivity contribution in [1.82, 2.24) is 0 Å². The van der Waals surface area contributed by atoms with Gasteiger partial charge in [-0.25, -0.2) is 0 Å². The first-order chi connectivity index (χ1) is 12.5. The molecule has 0 aromatic rings. The predicted octanol–water partition coefficient (Wildman–Crippen LogP) is 6.16. The molecule has 0 aromatic heterocycles. The van der Waals surface area contributed by atoms with Crippen molar-refractivity contribution in [1.29, 1.82) is 0 Å². The molecule has 0 radical (unpaired) electrons. The summed E-state index contributed by atoms with van der Waals surface area (Å²) in [7, 11) is 1.43. The van der Waals surface area contributed by atoms with Crippen LogP contribution in [0.25, 0.3) is 0 Å². The Hall–Kier alpha value is -0.610. The quantitative estimate of drug-likeness (QED) is 0.256. The fourth-order valence-electron chi connectivity index (χ4n) is 3.77. The van der Waals surface area contributed by atoms with E-state index < -0.39 is 5.79 Å². The zero-order valence-corrected chi connectivity index (χ0v) is 17.7. The summed E-state index contributed by atoms with van der Waals surface area (Å²) in [5.74, 6) is -0.713. The maximum absolute atomic E-state index is 11.4. The summed E-state index contributed by atoms with van der Waals surface area (Å²) in [4.78, 5) is 11.4. The largest absolute Gasteiger partial charge is 0.469 e. The lowest BCUT2D eigenvalue weighted by atomic mass is 10.0. The second kappa shape index (κ2) is 13.5. The third-order valence-electron chi connectivity index (χ3n) is 5.24. The molecule has 154 valence electrons. The van der Waals surface area contributed by atoms with Crippen molar-refractivity contribution in [3.05, 3.63) is 0 Å². The van der Waals surface area contributed by atoms with E-state index in [1.54, 1.807) is 0 Å². The number of hydrogen-bond acceptors (Lipinski definition) is 4. The van der Waals surface area contributed by atoms with E-state index in [1.807, 2.05) is 13.8 Å². The molecule has 4 nitrogen and oxygen atoms in total. The van der Waals surface area contributed by atoms with Crippen molar-refractivity contribution in [2.75, 3.05) is 7.11 Å². The van der Waals surface area contributed by atoms with Gasteiger partial charge in [-0.15, -0.1) is 0 Å². The Morgan fingerprint density at radius 3 is 1.77 bits per heavy atom. The van der Waals surface area contributed by atoms with Crippen LogP contribution in [-0.2, 0) is 19.0 Å². The molecule has 0 aliphatic carbocycles. The zero-order chi connectivity index (χ0) is 19.3. The topological polar surface area (TPSA) is 44.8 Å². The molecule has 1 heterocycles. The Kier molecular flexibility index (Phi) is 12.2. The van der Waals surface area contributed by atoms with Crippen molar-refractivity contribution in [2.45, 2.75) is 129 Å². The first-order valence-electron chi connectivity index (χ1n) is 10.9. The van der Waals surface area contributed by atoms with Gasteiger partial charge in [0.05, 0.1) is 19.3 Å². The first-order valence-corrected chi connectivity index (χ1v) is 10.9. The molecule has 1 fully saturated rings. The van der Waals surface area contributed by atoms with Crippen molar-refractivity contribution in [3.63, 3.8) is 0 Å². The molecule has 0 spiro atoms. The maximum atomic E-state index is 11.4. The highest BCUT2D eigenvalue weighted by Crippen LogP contribution is 2.33. The van der Waals surface area contributed by atoms with Crippen molar-refractivity contribution in [3.8, 4) is 0 Å². The van der Waals surface area contributed by atoms with Crippen LogP contribution in [0.2, 0.25) is 0 Å². The van der Waals surface area contributed by atoms with E-state index in [0.717, 1.165) is 6.42 Å². The van der Waals surface area contributed by atoms with Crippen LogP contribution in [0.5, 0.6) is 0 Å². The second-order valence-electron chi connectivity index (χ2n) is 8.15. The van der Waals surface area contributed by atoms with Gasteiger partial charge in [-0.05, 0) is 26.7 Å². The monoisotopic (exact) mass is 370 g/mol. The summed E-state index contributed by atoms with van der Waals surface area (Å²) >= 11 is 0. The van der Waals surface area contributed by atoms with E-state index >= 15 is 0 Å². The van der Waals surface area contributed by atoms with Gasteiger partial charge in [0.2, 0.25) is 0 Å². The van der Waals surface area contributed by atoms with Crippen LogP contribution in [0.15, 0.2) is 0 Å². The number of unbranched alkanes of at least 4 members (excludes halogenated alkanes) is 10. The maximum Gasteiger partial charge on any atom is 0.305 e. The van der Waals surface area contributed by atoms with Crippen LogP contribution in [0.3, 0.4) is 0 Å². The summed E-state index contributed by atoms with van der Waals surface area (Å²) < 4.78 is 16.8. The third kappa shape index (κ3) is 10.5. The summed E-state index contributed by atoms with van der Waals surface area (Å²) in [5.41, 5.74) is 0. The van der Waals surface area contributed by atoms with Gasteiger partial charge in [-0.2, -0.15) is 0 Å². The minimum absolute atomic E-state index is 0.00669. The smallest absolute Gasteiger partial charge is 0.305 e. The molecule has 26 heavy (non-hydrogen) atoms. The fourth-order valence-corrected chi connectivity index (χ4v) is 3.77. The van der Waals surface area contributed by atoms with Crippen LogP contribution in [-0.4, -0.2) is 31.1 Å². The van der Waals surface area contributed by atoms with Gasteiger partial charge in [0.25, 0.3) is 0 Å². The molecule has 1 rings (SSSR count). The molecule has 0 saturated carbocycles. The highest BCUT2D eigenvalue weighted by atomic mass is 16.7. The van der Waals surface area contributed by atoms with Gasteiger partial charge in [0.1, 0.15) is 0 Å². The molecule has 0 N–H and O–H groups in total. The average Bonchev–Trinajstić information content (AvgIpc) is 2.91. The van der Waals surface area contributed by atoms with E-state index in [1.165, 1.54) is 77.7 Å². The fraction of sp³-hybridized carbons (Fsp3) is 0.955. The van der Waals surface area contributed by atoms with Gasteiger partial charge in [0, 0.05) is 6.42 Å². The van der Waals surface area contributed by atoms with Crippen LogP contribution >= 0.6 is 0 Å². The molecule has 0 bridgehead atoms. The molecule has 4 heteroatoms. The molecule has 0 amide bonds. The van der Waals surface area contributed by atoms with E-state index in [9.17, 15) is 4.79 Å². The van der Waals surface area contributed by atoms with E-state index in [0.29, 0.717) is 12.8 Å². The second-order valence-corrected chi connectivity index (χ2v) is 8.15. The van der Waals surface area contributed by atoms with Crippen LogP contribution < -0.4 is 0 Å².